The maximum atomic E-state index is 12.4. The third-order valence-electron chi connectivity index (χ3n) is 3.16. The second-order valence-electron chi connectivity index (χ2n) is 4.92. The van der Waals surface area contributed by atoms with Gasteiger partial charge < -0.3 is 14.6 Å². The normalized spacial score (nSPS) is 12.4. The molecule has 0 spiro atoms. The van der Waals surface area contributed by atoms with Crippen LogP contribution < -0.4 is 5.32 Å². The van der Waals surface area contributed by atoms with E-state index in [1.54, 1.807) is 18.4 Å². The van der Waals surface area contributed by atoms with Crippen molar-refractivity contribution in [2.24, 2.45) is 0 Å². The van der Waals surface area contributed by atoms with E-state index >= 15 is 0 Å². The van der Waals surface area contributed by atoms with Crippen LogP contribution in [0.25, 0.3) is 5.00 Å². The summed E-state index contributed by atoms with van der Waals surface area (Å²) in [4.78, 5) is 12.4. The minimum absolute atomic E-state index is 0.00731. The molecule has 0 fully saturated rings. The molecule has 108 valence electrons. The van der Waals surface area contributed by atoms with E-state index in [4.69, 9.17) is 4.74 Å². The van der Waals surface area contributed by atoms with Gasteiger partial charge in [-0.1, -0.05) is 0 Å². The molecule has 0 bridgehead atoms. The summed E-state index contributed by atoms with van der Waals surface area (Å²) in [5.41, 5.74) is 2.97. The summed E-state index contributed by atoms with van der Waals surface area (Å²) in [5.74, 6) is -0.0571. The van der Waals surface area contributed by atoms with E-state index in [2.05, 4.69) is 22.0 Å². The maximum Gasteiger partial charge on any atom is 0.254 e. The fourth-order valence-electron chi connectivity index (χ4n) is 2.23. The van der Waals surface area contributed by atoms with E-state index in [1.807, 2.05) is 32.2 Å². The Kier molecular flexibility index (Phi) is 4.62. The Hall–Kier alpha value is -1.59. The monoisotopic (exact) mass is 292 g/mol. The minimum Gasteiger partial charge on any atom is -0.383 e. The van der Waals surface area contributed by atoms with Gasteiger partial charge in [0.25, 0.3) is 5.91 Å². The first-order valence-electron chi connectivity index (χ1n) is 6.57. The van der Waals surface area contributed by atoms with E-state index in [1.165, 1.54) is 0 Å². The zero-order valence-corrected chi connectivity index (χ0v) is 13.1. The van der Waals surface area contributed by atoms with Gasteiger partial charge in [-0.15, -0.1) is 11.3 Å². The predicted octanol–water partition coefficient (Wildman–Crippen LogP) is 2.92. The van der Waals surface area contributed by atoms with E-state index in [9.17, 15) is 4.79 Å². The van der Waals surface area contributed by atoms with Crippen LogP contribution in [0.4, 0.5) is 0 Å². The van der Waals surface area contributed by atoms with Crippen molar-refractivity contribution in [2.45, 2.75) is 26.8 Å². The highest BCUT2D eigenvalue weighted by atomic mass is 32.1. The van der Waals surface area contributed by atoms with Crippen LogP contribution in [0.1, 0.15) is 28.7 Å². The highest BCUT2D eigenvalue weighted by Crippen LogP contribution is 2.25. The molecule has 0 aromatic carbocycles. The van der Waals surface area contributed by atoms with Crippen LogP contribution in [0.2, 0.25) is 0 Å². The second-order valence-corrected chi connectivity index (χ2v) is 5.82. The number of aryl methyl sites for hydroxylation is 2. The SMILES string of the molecule is COCC(C)NC(=O)c1ccsc1-n1c(C)ccc1C. The Labute approximate surface area is 123 Å². The van der Waals surface area contributed by atoms with Crippen LogP contribution in [0.15, 0.2) is 23.6 Å². The predicted molar refractivity (Wildman–Crippen MR) is 81.9 cm³/mol. The Morgan fingerprint density at radius 2 is 2.00 bits per heavy atom. The summed E-state index contributed by atoms with van der Waals surface area (Å²) in [6.45, 7) is 6.52. The standard InChI is InChI=1S/C15H20N2O2S/c1-10(9-19-4)16-14(18)13-7-8-20-15(13)17-11(2)5-6-12(17)3/h5-8,10H,9H2,1-4H3,(H,16,18). The first-order chi connectivity index (χ1) is 9.54. The minimum atomic E-state index is -0.0571. The number of thiophene rings is 1. The average Bonchev–Trinajstić information content (AvgIpc) is 2.96. The van der Waals surface area contributed by atoms with Crippen molar-refractivity contribution < 1.29 is 9.53 Å². The molecule has 0 radical (unpaired) electrons. The Balaban J connectivity index is 2.27. The lowest BCUT2D eigenvalue weighted by molar-refractivity contribution is 0.0906. The van der Waals surface area contributed by atoms with E-state index < -0.39 is 0 Å². The average molecular weight is 292 g/mol. The number of rotatable bonds is 5. The van der Waals surface area contributed by atoms with Crippen LogP contribution in [0.5, 0.6) is 0 Å². The fraction of sp³-hybridized carbons (Fsp3) is 0.400. The van der Waals surface area contributed by atoms with Gasteiger partial charge in [0.05, 0.1) is 12.2 Å². The van der Waals surface area contributed by atoms with Crippen LogP contribution in [-0.4, -0.2) is 30.2 Å². The van der Waals surface area contributed by atoms with Crippen molar-refractivity contribution in [1.29, 1.82) is 0 Å². The van der Waals surface area contributed by atoms with Gasteiger partial charge in [-0.3, -0.25) is 4.79 Å². The number of nitrogens with one attached hydrogen (secondary N) is 1. The summed E-state index contributed by atoms with van der Waals surface area (Å²) in [5, 5.41) is 5.87. The van der Waals surface area contributed by atoms with Crippen molar-refractivity contribution in [3.05, 3.63) is 40.5 Å². The van der Waals surface area contributed by atoms with Crippen molar-refractivity contribution in [2.75, 3.05) is 13.7 Å². The van der Waals surface area contributed by atoms with Gasteiger partial charge in [-0.25, -0.2) is 0 Å². The number of methoxy groups -OCH3 is 1. The molecule has 20 heavy (non-hydrogen) atoms. The molecule has 2 heterocycles. The van der Waals surface area contributed by atoms with Crippen LogP contribution in [-0.2, 0) is 4.74 Å². The molecular weight excluding hydrogens is 272 g/mol. The van der Waals surface area contributed by atoms with Gasteiger partial charge >= 0.3 is 0 Å². The molecule has 0 aliphatic heterocycles. The number of aromatic nitrogens is 1. The number of hydrogen-bond acceptors (Lipinski definition) is 3. The van der Waals surface area contributed by atoms with Crippen LogP contribution in [0, 0.1) is 13.8 Å². The molecule has 2 rings (SSSR count). The lowest BCUT2D eigenvalue weighted by Crippen LogP contribution is -2.35. The fourth-order valence-corrected chi connectivity index (χ4v) is 3.24. The molecular formula is C15H20N2O2S. The summed E-state index contributed by atoms with van der Waals surface area (Å²) in [7, 11) is 1.63. The van der Waals surface area contributed by atoms with Crippen molar-refractivity contribution in [1.82, 2.24) is 9.88 Å². The van der Waals surface area contributed by atoms with E-state index in [0.29, 0.717) is 12.2 Å². The van der Waals surface area contributed by atoms with E-state index in [0.717, 1.165) is 16.4 Å². The molecule has 1 atom stereocenters. The zero-order chi connectivity index (χ0) is 14.7. The van der Waals surface area contributed by atoms with Gasteiger partial charge in [0.2, 0.25) is 0 Å². The van der Waals surface area contributed by atoms with Gasteiger partial charge in [0.15, 0.2) is 0 Å². The second kappa shape index (κ2) is 6.24. The summed E-state index contributed by atoms with van der Waals surface area (Å²) < 4.78 is 7.16. The van der Waals surface area contributed by atoms with Gasteiger partial charge in [-0.2, -0.15) is 0 Å². The summed E-state index contributed by atoms with van der Waals surface area (Å²) in [6.07, 6.45) is 0. The third kappa shape index (κ3) is 2.94. The molecule has 1 unspecified atom stereocenters. The molecule has 1 amide bonds. The topological polar surface area (TPSA) is 43.3 Å². The first kappa shape index (κ1) is 14.8. The molecule has 0 saturated heterocycles. The quantitative estimate of drug-likeness (QED) is 0.921. The first-order valence-corrected chi connectivity index (χ1v) is 7.45. The maximum absolute atomic E-state index is 12.4. The number of carbonyl (C=O) groups excluding carboxylic acids is 1. The summed E-state index contributed by atoms with van der Waals surface area (Å²) in [6, 6.07) is 5.98. The Morgan fingerprint density at radius 3 is 2.60 bits per heavy atom. The van der Waals surface area contributed by atoms with Crippen molar-refractivity contribution >= 4 is 17.2 Å². The molecule has 5 heteroatoms. The molecule has 0 aliphatic rings. The molecule has 0 aliphatic carbocycles. The van der Waals surface area contributed by atoms with Gasteiger partial charge in [0, 0.05) is 24.5 Å². The molecule has 1 N–H and O–H groups in total. The smallest absolute Gasteiger partial charge is 0.254 e. The van der Waals surface area contributed by atoms with Crippen molar-refractivity contribution in [3.8, 4) is 5.00 Å². The number of carbonyl (C=O) groups is 1. The number of ether oxygens (including phenoxy) is 1. The van der Waals surface area contributed by atoms with Crippen LogP contribution in [0.3, 0.4) is 0 Å². The molecule has 0 saturated carbocycles. The molecule has 2 aromatic heterocycles. The van der Waals surface area contributed by atoms with Crippen molar-refractivity contribution in [3.63, 3.8) is 0 Å². The third-order valence-corrected chi connectivity index (χ3v) is 4.06. The number of amides is 1. The van der Waals surface area contributed by atoms with Crippen LogP contribution >= 0.6 is 11.3 Å². The summed E-state index contributed by atoms with van der Waals surface area (Å²) >= 11 is 1.58. The number of nitrogens with zero attached hydrogens (tertiary/aromatic N) is 1. The molecule has 2 aromatic rings. The largest absolute Gasteiger partial charge is 0.383 e. The van der Waals surface area contributed by atoms with Gasteiger partial charge in [0.1, 0.15) is 5.00 Å². The Morgan fingerprint density at radius 1 is 1.35 bits per heavy atom. The Bertz CT molecular complexity index is 581. The van der Waals surface area contributed by atoms with E-state index in [-0.39, 0.29) is 11.9 Å². The molecule has 4 nitrogen and oxygen atoms in total. The lowest BCUT2D eigenvalue weighted by atomic mass is 10.2. The lowest BCUT2D eigenvalue weighted by Gasteiger charge is -2.14. The van der Waals surface area contributed by atoms with Gasteiger partial charge in [-0.05, 0) is 44.4 Å². The highest BCUT2D eigenvalue weighted by Gasteiger charge is 2.17. The number of hydrogen-bond donors (Lipinski definition) is 1. The highest BCUT2D eigenvalue weighted by molar-refractivity contribution is 7.13. The zero-order valence-electron chi connectivity index (χ0n) is 12.3.